The molecule has 0 fully saturated rings. The van der Waals surface area contributed by atoms with Crippen molar-refractivity contribution in [2.45, 2.75) is 37.6 Å². The Morgan fingerprint density at radius 1 is 1.32 bits per heavy atom. The third-order valence-corrected chi connectivity index (χ3v) is 3.03. The number of rotatable bonds is 9. The molecule has 0 saturated heterocycles. The van der Waals surface area contributed by atoms with E-state index in [1.54, 1.807) is 0 Å². The Morgan fingerprint density at radius 3 is 2.44 bits per heavy atom. The summed E-state index contributed by atoms with van der Waals surface area (Å²) in [6.45, 7) is 0.725. The lowest BCUT2D eigenvalue weighted by atomic mass is 10.2. The second-order valence-electron chi connectivity index (χ2n) is 5.18. The van der Waals surface area contributed by atoms with Crippen LogP contribution in [0.2, 0.25) is 0 Å². The molecule has 13 heteroatoms. The minimum atomic E-state index is -1.57. The number of carbonyl (C=O) groups is 3. The van der Waals surface area contributed by atoms with Crippen LogP contribution in [0.15, 0.2) is 4.52 Å². The molecule has 0 saturated carbocycles. The molecule has 0 aliphatic carbocycles. The van der Waals surface area contributed by atoms with Gasteiger partial charge in [-0.25, -0.2) is 9.59 Å². The van der Waals surface area contributed by atoms with Crippen molar-refractivity contribution in [1.82, 2.24) is 20.8 Å². The summed E-state index contributed by atoms with van der Waals surface area (Å²) in [5.41, 5.74) is 10.6. The first-order valence-corrected chi connectivity index (χ1v) is 7.11. The SMILES string of the molecule is C[C@@H](O)[C@@H](NC(=O)N[C@@H](CC(N)=O)c1nc([C@@H](N)CO)no1)C(=O)O. The maximum absolute atomic E-state index is 11.9. The van der Waals surface area contributed by atoms with Crippen LogP contribution >= 0.6 is 0 Å². The van der Waals surface area contributed by atoms with E-state index in [0.29, 0.717) is 0 Å². The fourth-order valence-electron chi connectivity index (χ4n) is 1.75. The monoisotopic (exact) mass is 360 g/mol. The van der Waals surface area contributed by atoms with Crippen molar-refractivity contribution in [3.63, 3.8) is 0 Å². The van der Waals surface area contributed by atoms with E-state index in [1.807, 2.05) is 5.32 Å². The molecule has 4 atom stereocenters. The molecule has 0 aliphatic rings. The van der Waals surface area contributed by atoms with Gasteiger partial charge in [-0.2, -0.15) is 4.98 Å². The largest absolute Gasteiger partial charge is 0.480 e. The highest BCUT2D eigenvalue weighted by Gasteiger charge is 2.29. The van der Waals surface area contributed by atoms with Crippen molar-refractivity contribution in [3.05, 3.63) is 11.7 Å². The first-order chi connectivity index (χ1) is 11.6. The number of hydrogen-bond donors (Lipinski definition) is 7. The van der Waals surface area contributed by atoms with Gasteiger partial charge in [0.15, 0.2) is 11.9 Å². The van der Waals surface area contributed by atoms with Gasteiger partial charge in [0.05, 0.1) is 25.2 Å². The lowest BCUT2D eigenvalue weighted by molar-refractivity contribution is -0.141. The summed E-state index contributed by atoms with van der Waals surface area (Å²) in [7, 11) is 0. The van der Waals surface area contributed by atoms with Crippen molar-refractivity contribution in [2.75, 3.05) is 6.61 Å². The zero-order valence-corrected chi connectivity index (χ0v) is 13.2. The van der Waals surface area contributed by atoms with Gasteiger partial charge in [0, 0.05) is 0 Å². The Hall–Kier alpha value is -2.77. The molecule has 13 nitrogen and oxygen atoms in total. The number of primary amides is 1. The van der Waals surface area contributed by atoms with Gasteiger partial charge in [0.2, 0.25) is 11.8 Å². The predicted octanol–water partition coefficient (Wildman–Crippen LogP) is -2.89. The van der Waals surface area contributed by atoms with Crippen LogP contribution < -0.4 is 22.1 Å². The second-order valence-corrected chi connectivity index (χ2v) is 5.18. The summed E-state index contributed by atoms with van der Waals surface area (Å²) < 4.78 is 4.88. The fourth-order valence-corrected chi connectivity index (χ4v) is 1.75. The topological polar surface area (TPSA) is 227 Å². The Kier molecular flexibility index (Phi) is 7.22. The van der Waals surface area contributed by atoms with Crippen LogP contribution in [0.4, 0.5) is 4.79 Å². The zero-order chi connectivity index (χ0) is 19.1. The highest BCUT2D eigenvalue weighted by Crippen LogP contribution is 2.16. The summed E-state index contributed by atoms with van der Waals surface area (Å²) in [6.07, 6.45) is -1.79. The van der Waals surface area contributed by atoms with E-state index in [-0.39, 0.29) is 11.7 Å². The van der Waals surface area contributed by atoms with Gasteiger partial charge in [-0.1, -0.05) is 5.16 Å². The van der Waals surface area contributed by atoms with Gasteiger partial charge in [0.25, 0.3) is 0 Å². The highest BCUT2D eigenvalue weighted by molar-refractivity contribution is 5.83. The molecule has 0 radical (unpaired) electrons. The molecule has 140 valence electrons. The van der Waals surface area contributed by atoms with E-state index in [1.165, 1.54) is 6.92 Å². The molecule has 0 aliphatic heterocycles. The van der Waals surface area contributed by atoms with Crippen molar-refractivity contribution in [2.24, 2.45) is 11.5 Å². The Labute approximate surface area is 141 Å². The van der Waals surface area contributed by atoms with Crippen molar-refractivity contribution in [1.29, 1.82) is 0 Å². The Bertz CT molecular complexity index is 619. The molecule has 3 amide bonds. The molecule has 1 rings (SSSR count). The minimum Gasteiger partial charge on any atom is -0.480 e. The van der Waals surface area contributed by atoms with Gasteiger partial charge in [-0.15, -0.1) is 0 Å². The molecule has 0 unspecified atom stereocenters. The van der Waals surface area contributed by atoms with Gasteiger partial charge in [-0.05, 0) is 6.92 Å². The van der Waals surface area contributed by atoms with Crippen LogP contribution in [0.25, 0.3) is 0 Å². The Balaban J connectivity index is 2.89. The summed E-state index contributed by atoms with van der Waals surface area (Å²) >= 11 is 0. The number of carboxylic acids is 1. The van der Waals surface area contributed by atoms with E-state index in [4.69, 9.17) is 26.2 Å². The summed E-state index contributed by atoms with van der Waals surface area (Å²) in [6, 6.07) is -4.67. The highest BCUT2D eigenvalue weighted by atomic mass is 16.5. The summed E-state index contributed by atoms with van der Waals surface area (Å²) in [5, 5.41) is 35.0. The first kappa shape index (κ1) is 20.3. The zero-order valence-electron chi connectivity index (χ0n) is 13.2. The lowest BCUT2D eigenvalue weighted by Gasteiger charge is -2.19. The third-order valence-electron chi connectivity index (χ3n) is 3.03. The average Bonchev–Trinajstić information content (AvgIpc) is 3.00. The van der Waals surface area contributed by atoms with E-state index in [9.17, 15) is 19.5 Å². The molecule has 1 heterocycles. The fraction of sp³-hybridized carbons (Fsp3) is 0.583. The van der Waals surface area contributed by atoms with Crippen LogP contribution in [-0.4, -0.2) is 62.1 Å². The van der Waals surface area contributed by atoms with Crippen LogP contribution in [0, 0.1) is 0 Å². The number of aliphatic carboxylic acids is 1. The maximum atomic E-state index is 11.9. The number of nitrogens with one attached hydrogen (secondary N) is 2. The van der Waals surface area contributed by atoms with Gasteiger partial charge in [-0.3, -0.25) is 4.79 Å². The summed E-state index contributed by atoms with van der Waals surface area (Å²) in [4.78, 5) is 37.9. The third kappa shape index (κ3) is 5.98. The Morgan fingerprint density at radius 2 is 1.96 bits per heavy atom. The number of carboxylic acid groups (broad SMARTS) is 1. The first-order valence-electron chi connectivity index (χ1n) is 7.11. The van der Waals surface area contributed by atoms with Crippen LogP contribution in [0.5, 0.6) is 0 Å². The van der Waals surface area contributed by atoms with E-state index >= 15 is 0 Å². The van der Waals surface area contributed by atoms with Crippen molar-refractivity contribution >= 4 is 17.9 Å². The molecule has 1 aromatic rings. The number of amides is 3. The van der Waals surface area contributed by atoms with E-state index < -0.39 is 55.2 Å². The van der Waals surface area contributed by atoms with Gasteiger partial charge >= 0.3 is 12.0 Å². The van der Waals surface area contributed by atoms with Crippen molar-refractivity contribution < 1.29 is 34.2 Å². The number of hydrogen-bond acceptors (Lipinski definition) is 9. The predicted molar refractivity (Wildman–Crippen MR) is 79.6 cm³/mol. The minimum absolute atomic E-state index is 0.0541. The van der Waals surface area contributed by atoms with Gasteiger partial charge < -0.3 is 41.9 Å². The molecule has 0 bridgehead atoms. The maximum Gasteiger partial charge on any atom is 0.328 e. The number of urea groups is 1. The van der Waals surface area contributed by atoms with Crippen LogP contribution in [0.1, 0.15) is 37.1 Å². The quantitative estimate of drug-likeness (QED) is 0.238. The normalized spacial score (nSPS) is 15.7. The molecule has 0 spiro atoms. The smallest absolute Gasteiger partial charge is 0.328 e. The van der Waals surface area contributed by atoms with Gasteiger partial charge in [0.1, 0.15) is 6.04 Å². The lowest BCUT2D eigenvalue weighted by Crippen LogP contribution is -2.52. The molecule has 25 heavy (non-hydrogen) atoms. The molecule has 0 aromatic carbocycles. The summed E-state index contributed by atoms with van der Waals surface area (Å²) in [5.74, 6) is -2.52. The number of nitrogens with two attached hydrogens (primary N) is 2. The molecular formula is C12H20N6O7. The van der Waals surface area contributed by atoms with Crippen LogP contribution in [-0.2, 0) is 9.59 Å². The molecule has 9 N–H and O–H groups in total. The molecule has 1 aromatic heterocycles. The second kappa shape index (κ2) is 8.91. The number of nitrogens with zero attached hydrogens (tertiary/aromatic N) is 2. The number of carbonyl (C=O) groups excluding carboxylic acids is 2. The molecular weight excluding hydrogens is 340 g/mol. The van der Waals surface area contributed by atoms with E-state index in [2.05, 4.69) is 15.5 Å². The van der Waals surface area contributed by atoms with Crippen LogP contribution in [0.3, 0.4) is 0 Å². The number of aliphatic hydroxyl groups excluding tert-OH is 2. The van der Waals surface area contributed by atoms with Crippen molar-refractivity contribution in [3.8, 4) is 0 Å². The number of aliphatic hydroxyl groups is 2. The average molecular weight is 360 g/mol. The van der Waals surface area contributed by atoms with E-state index in [0.717, 1.165) is 0 Å². The standard InChI is InChI=1S/C12H20N6O7/c1-4(20)8(11(22)23)16-12(24)15-6(2-7(14)21)10-17-9(18-25-10)5(13)3-19/h4-6,8,19-20H,2-3,13H2,1H3,(H2,14,21)(H,22,23)(H2,15,16,24)/t4-,5+,6+,8-/m1/s1. The number of aromatic nitrogens is 2.